The standard InChI is InChI=1S/C19H21N5O3/c1-22-17-15(24(18(22)25)19(26)23-9-3-4-10-23)12-20-16(21-17)11-13-5-7-14(27-2)8-6-13/h5-8,12H,3-4,9-11H2,1-2H3. The van der Waals surface area contributed by atoms with E-state index in [-0.39, 0.29) is 6.03 Å². The summed E-state index contributed by atoms with van der Waals surface area (Å²) in [6, 6.07) is 7.37. The monoisotopic (exact) mass is 367 g/mol. The second kappa shape index (κ2) is 6.86. The average Bonchev–Trinajstić information content (AvgIpc) is 3.31. The number of hydrogen-bond donors (Lipinski definition) is 0. The first-order valence-corrected chi connectivity index (χ1v) is 8.94. The maximum absolute atomic E-state index is 12.7. The number of carbonyl (C=O) groups is 1. The van der Waals surface area contributed by atoms with E-state index in [2.05, 4.69) is 9.97 Å². The van der Waals surface area contributed by atoms with Crippen molar-refractivity contribution in [3.8, 4) is 5.75 Å². The van der Waals surface area contributed by atoms with Crippen LogP contribution in [0.2, 0.25) is 0 Å². The highest BCUT2D eigenvalue weighted by Crippen LogP contribution is 2.16. The van der Waals surface area contributed by atoms with Crippen molar-refractivity contribution in [3.63, 3.8) is 0 Å². The first-order valence-electron chi connectivity index (χ1n) is 8.94. The summed E-state index contributed by atoms with van der Waals surface area (Å²) in [7, 11) is 3.25. The third-order valence-electron chi connectivity index (χ3n) is 4.93. The smallest absolute Gasteiger partial charge is 0.338 e. The zero-order chi connectivity index (χ0) is 19.0. The topological polar surface area (TPSA) is 82.2 Å². The van der Waals surface area contributed by atoms with Crippen LogP contribution in [-0.2, 0) is 13.5 Å². The van der Waals surface area contributed by atoms with Crippen LogP contribution in [0.5, 0.6) is 5.75 Å². The van der Waals surface area contributed by atoms with Crippen LogP contribution in [0.1, 0.15) is 24.2 Å². The van der Waals surface area contributed by atoms with Crippen LogP contribution in [-0.4, -0.2) is 50.2 Å². The zero-order valence-corrected chi connectivity index (χ0v) is 15.4. The van der Waals surface area contributed by atoms with Crippen molar-refractivity contribution in [2.75, 3.05) is 20.2 Å². The van der Waals surface area contributed by atoms with Gasteiger partial charge in [0.05, 0.1) is 13.3 Å². The van der Waals surface area contributed by atoms with Gasteiger partial charge in [-0.3, -0.25) is 4.57 Å². The van der Waals surface area contributed by atoms with Crippen LogP contribution < -0.4 is 10.4 Å². The fraction of sp³-hybridized carbons (Fsp3) is 0.368. The van der Waals surface area contributed by atoms with Gasteiger partial charge in [-0.05, 0) is 30.5 Å². The number of likely N-dealkylation sites (tertiary alicyclic amines) is 1. The Morgan fingerprint density at radius 2 is 1.89 bits per heavy atom. The molecule has 0 atom stereocenters. The van der Waals surface area contributed by atoms with Crippen LogP contribution in [0.3, 0.4) is 0 Å². The lowest BCUT2D eigenvalue weighted by Gasteiger charge is -2.14. The minimum atomic E-state index is -0.391. The molecule has 2 aromatic heterocycles. The first-order chi connectivity index (χ1) is 13.1. The molecule has 8 heteroatoms. The molecule has 1 aliphatic heterocycles. The van der Waals surface area contributed by atoms with Gasteiger partial charge >= 0.3 is 11.7 Å². The molecule has 1 amide bonds. The lowest BCUT2D eigenvalue weighted by Crippen LogP contribution is -2.38. The molecule has 27 heavy (non-hydrogen) atoms. The Hall–Kier alpha value is -3.16. The van der Waals surface area contributed by atoms with Gasteiger partial charge in [0.1, 0.15) is 17.1 Å². The molecule has 1 saturated heterocycles. The highest BCUT2D eigenvalue weighted by atomic mass is 16.5. The maximum atomic E-state index is 12.7. The number of carbonyl (C=O) groups excluding carboxylic acids is 1. The molecular weight excluding hydrogens is 346 g/mol. The maximum Gasteiger partial charge on any atom is 0.338 e. The Morgan fingerprint density at radius 1 is 1.19 bits per heavy atom. The Bertz CT molecular complexity index is 1050. The van der Waals surface area contributed by atoms with E-state index in [4.69, 9.17) is 4.74 Å². The molecule has 8 nitrogen and oxygen atoms in total. The molecule has 0 N–H and O–H groups in total. The number of aryl methyl sites for hydroxylation is 1. The fourth-order valence-corrected chi connectivity index (χ4v) is 3.40. The van der Waals surface area contributed by atoms with Gasteiger partial charge in [0.25, 0.3) is 0 Å². The molecule has 140 valence electrons. The Kier molecular flexibility index (Phi) is 4.39. The molecule has 1 aliphatic rings. The van der Waals surface area contributed by atoms with Crippen molar-refractivity contribution in [2.45, 2.75) is 19.3 Å². The van der Waals surface area contributed by atoms with Gasteiger partial charge in [-0.15, -0.1) is 0 Å². The molecule has 1 aromatic carbocycles. The number of ether oxygens (including phenoxy) is 1. The number of imidazole rings is 1. The van der Waals surface area contributed by atoms with E-state index in [0.29, 0.717) is 36.5 Å². The van der Waals surface area contributed by atoms with Gasteiger partial charge in [0.2, 0.25) is 0 Å². The van der Waals surface area contributed by atoms with Crippen LogP contribution in [0.4, 0.5) is 4.79 Å². The first kappa shape index (κ1) is 17.3. The third-order valence-corrected chi connectivity index (χ3v) is 4.93. The molecule has 1 fully saturated rings. The molecule has 0 bridgehead atoms. The van der Waals surface area contributed by atoms with Gasteiger partial charge in [-0.25, -0.2) is 24.1 Å². The summed E-state index contributed by atoms with van der Waals surface area (Å²) in [4.78, 5) is 36.0. The van der Waals surface area contributed by atoms with Crippen molar-refractivity contribution < 1.29 is 9.53 Å². The summed E-state index contributed by atoms with van der Waals surface area (Å²) in [5.74, 6) is 1.38. The number of nitrogens with zero attached hydrogens (tertiary/aromatic N) is 5. The summed E-state index contributed by atoms with van der Waals surface area (Å²) < 4.78 is 7.75. The van der Waals surface area contributed by atoms with E-state index in [1.165, 1.54) is 9.13 Å². The van der Waals surface area contributed by atoms with Gasteiger partial charge in [0.15, 0.2) is 5.65 Å². The summed E-state index contributed by atoms with van der Waals surface area (Å²) in [6.07, 6.45) is 4.03. The summed E-state index contributed by atoms with van der Waals surface area (Å²) in [5, 5.41) is 0. The van der Waals surface area contributed by atoms with E-state index < -0.39 is 5.69 Å². The molecule has 0 radical (unpaired) electrons. The number of aromatic nitrogens is 4. The van der Waals surface area contributed by atoms with E-state index in [1.54, 1.807) is 25.3 Å². The number of methoxy groups -OCH3 is 1. The molecular formula is C19H21N5O3. The number of amides is 1. The van der Waals surface area contributed by atoms with E-state index >= 15 is 0 Å². The third kappa shape index (κ3) is 3.07. The molecule has 4 rings (SSSR count). The van der Waals surface area contributed by atoms with E-state index in [9.17, 15) is 9.59 Å². The van der Waals surface area contributed by atoms with Crippen LogP contribution in [0.15, 0.2) is 35.3 Å². The Labute approximate surface area is 156 Å². The van der Waals surface area contributed by atoms with Crippen molar-refractivity contribution in [1.29, 1.82) is 0 Å². The number of fused-ring (bicyclic) bond motifs is 1. The number of hydrogen-bond acceptors (Lipinski definition) is 5. The Morgan fingerprint density at radius 3 is 2.56 bits per heavy atom. The van der Waals surface area contributed by atoms with Crippen molar-refractivity contribution >= 4 is 17.2 Å². The molecule has 0 saturated carbocycles. The highest BCUT2D eigenvalue weighted by Gasteiger charge is 2.25. The van der Waals surface area contributed by atoms with Gasteiger partial charge in [-0.1, -0.05) is 12.1 Å². The van der Waals surface area contributed by atoms with Gasteiger partial charge < -0.3 is 9.64 Å². The van der Waals surface area contributed by atoms with Crippen LogP contribution in [0, 0.1) is 0 Å². The minimum Gasteiger partial charge on any atom is -0.497 e. The largest absolute Gasteiger partial charge is 0.497 e. The quantitative estimate of drug-likeness (QED) is 0.705. The zero-order valence-electron chi connectivity index (χ0n) is 15.4. The molecule has 0 spiro atoms. The van der Waals surface area contributed by atoms with E-state index in [1.807, 2.05) is 24.3 Å². The molecule has 3 aromatic rings. The van der Waals surface area contributed by atoms with Crippen molar-refractivity contribution in [3.05, 3.63) is 52.3 Å². The predicted molar refractivity (Wildman–Crippen MR) is 100 cm³/mol. The Balaban J connectivity index is 1.69. The number of rotatable bonds is 3. The molecule has 3 heterocycles. The minimum absolute atomic E-state index is 0.297. The van der Waals surface area contributed by atoms with Crippen LogP contribution in [0.25, 0.3) is 11.2 Å². The predicted octanol–water partition coefficient (Wildman–Crippen LogP) is 1.79. The second-order valence-electron chi connectivity index (χ2n) is 6.67. The number of benzene rings is 1. The summed E-state index contributed by atoms with van der Waals surface area (Å²) in [6.45, 7) is 1.36. The van der Waals surface area contributed by atoms with Crippen molar-refractivity contribution in [1.82, 2.24) is 24.0 Å². The van der Waals surface area contributed by atoms with Crippen molar-refractivity contribution in [2.24, 2.45) is 7.05 Å². The van der Waals surface area contributed by atoms with Gasteiger partial charge in [0, 0.05) is 26.6 Å². The SMILES string of the molecule is COc1ccc(Cc2ncc3c(n2)n(C)c(=O)n3C(=O)N2CCCC2)cc1. The molecule has 0 aliphatic carbocycles. The highest BCUT2D eigenvalue weighted by molar-refractivity contribution is 5.87. The fourth-order valence-electron chi connectivity index (χ4n) is 3.40. The summed E-state index contributed by atoms with van der Waals surface area (Å²) >= 11 is 0. The van der Waals surface area contributed by atoms with Crippen LogP contribution >= 0.6 is 0 Å². The van der Waals surface area contributed by atoms with Gasteiger partial charge in [-0.2, -0.15) is 0 Å². The van der Waals surface area contributed by atoms with E-state index in [0.717, 1.165) is 24.2 Å². The normalized spacial score (nSPS) is 14.1. The molecule has 0 unspecified atom stereocenters. The summed E-state index contributed by atoms with van der Waals surface area (Å²) in [5.41, 5.74) is 1.55. The lowest BCUT2D eigenvalue weighted by atomic mass is 10.1. The average molecular weight is 367 g/mol. The second-order valence-corrected chi connectivity index (χ2v) is 6.67. The lowest BCUT2D eigenvalue weighted by molar-refractivity contribution is 0.210.